The Morgan fingerprint density at radius 3 is 0.929 bits per heavy atom. The second-order valence-electron chi connectivity index (χ2n) is 18.0. The molecule has 0 saturated carbocycles. The number of aliphatic hydroxyl groups excluding tert-OH is 2. The van der Waals surface area contributed by atoms with Crippen molar-refractivity contribution in [3.63, 3.8) is 0 Å². The molecule has 3 N–H and O–H groups in total. The third-order valence-corrected chi connectivity index (χ3v) is 12.3. The number of allylic oxidation sites excluding steroid dienone is 1. The highest BCUT2D eigenvalue weighted by atomic mass is 16.3. The van der Waals surface area contributed by atoms with Crippen LogP contribution in [0.3, 0.4) is 0 Å². The quantitative estimate of drug-likeness (QED) is 0.0425. The van der Waals surface area contributed by atoms with Crippen molar-refractivity contribution < 1.29 is 15.0 Å². The molecule has 0 aromatic rings. The average molecular weight is 790 g/mol. The summed E-state index contributed by atoms with van der Waals surface area (Å²) in [5, 5.41) is 23.1. The summed E-state index contributed by atoms with van der Waals surface area (Å²) >= 11 is 0. The molecule has 0 spiro atoms. The molecule has 4 heteroatoms. The zero-order valence-electron chi connectivity index (χ0n) is 38.4. The third-order valence-electron chi connectivity index (χ3n) is 12.3. The summed E-state index contributed by atoms with van der Waals surface area (Å²) in [5.41, 5.74) is 0. The molecule has 0 rings (SSSR count). The van der Waals surface area contributed by atoms with Gasteiger partial charge >= 0.3 is 0 Å². The predicted octanol–water partition coefficient (Wildman–Crippen LogP) is 16.6. The lowest BCUT2D eigenvalue weighted by Crippen LogP contribution is -2.45. The van der Waals surface area contributed by atoms with Crippen LogP contribution < -0.4 is 5.32 Å². The zero-order valence-corrected chi connectivity index (χ0v) is 38.4. The van der Waals surface area contributed by atoms with Gasteiger partial charge in [-0.1, -0.05) is 283 Å². The highest BCUT2D eigenvalue weighted by Gasteiger charge is 2.18. The SMILES string of the molecule is CCCCCCCCCCCCCCCCCCCCCCCCCCCCCC/C=C/C(O)C(CO)NC(=O)CCCCCCCCCCCCCCCC. The molecule has 0 aliphatic heterocycles. The van der Waals surface area contributed by atoms with Crippen LogP contribution in [-0.4, -0.2) is 34.9 Å². The fourth-order valence-electron chi connectivity index (χ4n) is 8.30. The summed E-state index contributed by atoms with van der Waals surface area (Å²) in [6.07, 6.45) is 62.2. The lowest BCUT2D eigenvalue weighted by molar-refractivity contribution is -0.123. The van der Waals surface area contributed by atoms with Gasteiger partial charge in [-0.3, -0.25) is 4.79 Å². The smallest absolute Gasteiger partial charge is 0.220 e. The zero-order chi connectivity index (χ0) is 40.7. The average Bonchev–Trinajstić information content (AvgIpc) is 3.20. The van der Waals surface area contributed by atoms with Gasteiger partial charge in [-0.25, -0.2) is 0 Å². The minimum absolute atomic E-state index is 0.0591. The number of carbonyl (C=O) groups is 1. The van der Waals surface area contributed by atoms with E-state index in [0.29, 0.717) is 6.42 Å². The number of hydrogen-bond donors (Lipinski definition) is 3. The van der Waals surface area contributed by atoms with Crippen molar-refractivity contribution in [1.82, 2.24) is 5.32 Å². The van der Waals surface area contributed by atoms with Crippen LogP contribution in [0.1, 0.15) is 296 Å². The Labute approximate surface area is 352 Å². The molecule has 0 radical (unpaired) electrons. The summed E-state index contributed by atoms with van der Waals surface area (Å²) in [4.78, 5) is 12.4. The predicted molar refractivity (Wildman–Crippen MR) is 249 cm³/mol. The van der Waals surface area contributed by atoms with Crippen molar-refractivity contribution in [2.75, 3.05) is 6.61 Å². The molecule has 56 heavy (non-hydrogen) atoms. The maximum atomic E-state index is 12.4. The van der Waals surface area contributed by atoms with Crippen LogP contribution in [0.15, 0.2) is 12.2 Å². The molecule has 0 aliphatic rings. The summed E-state index contributed by atoms with van der Waals surface area (Å²) in [5.74, 6) is -0.0591. The molecule has 2 unspecified atom stereocenters. The molecule has 0 saturated heterocycles. The van der Waals surface area contributed by atoms with Crippen molar-refractivity contribution in [2.45, 2.75) is 309 Å². The van der Waals surface area contributed by atoms with Crippen molar-refractivity contribution in [1.29, 1.82) is 0 Å². The van der Waals surface area contributed by atoms with E-state index in [1.54, 1.807) is 6.08 Å². The van der Waals surface area contributed by atoms with E-state index in [9.17, 15) is 15.0 Å². The lowest BCUT2D eigenvalue weighted by atomic mass is 10.0. The van der Waals surface area contributed by atoms with E-state index >= 15 is 0 Å². The normalized spacial score (nSPS) is 12.9. The van der Waals surface area contributed by atoms with E-state index in [4.69, 9.17) is 0 Å². The molecule has 0 aromatic heterocycles. The van der Waals surface area contributed by atoms with Gasteiger partial charge in [-0.2, -0.15) is 0 Å². The van der Waals surface area contributed by atoms with Gasteiger partial charge in [0.2, 0.25) is 5.91 Å². The number of aliphatic hydroxyl groups is 2. The Morgan fingerprint density at radius 1 is 0.411 bits per heavy atom. The van der Waals surface area contributed by atoms with Crippen LogP contribution >= 0.6 is 0 Å². The molecule has 334 valence electrons. The van der Waals surface area contributed by atoms with Crippen molar-refractivity contribution >= 4 is 5.91 Å². The Bertz CT molecular complexity index is 769. The van der Waals surface area contributed by atoms with Gasteiger partial charge in [-0.15, -0.1) is 0 Å². The Balaban J connectivity index is 3.43. The molecule has 0 aromatic carbocycles. The number of hydrogen-bond acceptors (Lipinski definition) is 3. The topological polar surface area (TPSA) is 69.6 Å². The van der Waals surface area contributed by atoms with Crippen molar-refractivity contribution in [3.05, 3.63) is 12.2 Å². The number of carbonyl (C=O) groups excluding carboxylic acids is 1. The summed E-state index contributed by atoms with van der Waals surface area (Å²) in [7, 11) is 0. The molecule has 4 nitrogen and oxygen atoms in total. The minimum atomic E-state index is -0.834. The fraction of sp³-hybridized carbons (Fsp3) is 0.942. The van der Waals surface area contributed by atoms with E-state index < -0.39 is 12.1 Å². The largest absolute Gasteiger partial charge is 0.394 e. The molecule has 0 fully saturated rings. The van der Waals surface area contributed by atoms with Crippen LogP contribution in [0.2, 0.25) is 0 Å². The molecule has 0 heterocycles. The van der Waals surface area contributed by atoms with Crippen molar-refractivity contribution in [2.24, 2.45) is 0 Å². The van der Waals surface area contributed by atoms with Gasteiger partial charge < -0.3 is 15.5 Å². The first kappa shape index (κ1) is 55.1. The molecule has 0 bridgehead atoms. The molecular formula is C52H103NO3. The van der Waals surface area contributed by atoms with E-state index in [-0.39, 0.29) is 12.5 Å². The Hall–Kier alpha value is -0.870. The maximum absolute atomic E-state index is 12.4. The summed E-state index contributed by atoms with van der Waals surface area (Å²) < 4.78 is 0. The molecule has 0 aliphatic carbocycles. The number of unbranched alkanes of at least 4 members (excludes halogenated alkanes) is 41. The van der Waals surface area contributed by atoms with Gasteiger partial charge in [0.25, 0.3) is 0 Å². The number of amides is 1. The second-order valence-corrected chi connectivity index (χ2v) is 18.0. The Kier molecular flexibility index (Phi) is 47.7. The highest BCUT2D eigenvalue weighted by Crippen LogP contribution is 2.17. The van der Waals surface area contributed by atoms with Crippen LogP contribution in [0.5, 0.6) is 0 Å². The fourth-order valence-corrected chi connectivity index (χ4v) is 8.30. The first-order chi connectivity index (χ1) is 27.7. The third kappa shape index (κ3) is 44.2. The summed E-state index contributed by atoms with van der Waals surface area (Å²) in [6.45, 7) is 4.34. The number of nitrogens with one attached hydrogen (secondary N) is 1. The molecule has 2 atom stereocenters. The monoisotopic (exact) mass is 790 g/mol. The van der Waals surface area contributed by atoms with Crippen LogP contribution in [0.25, 0.3) is 0 Å². The summed E-state index contributed by atoms with van der Waals surface area (Å²) in [6, 6.07) is -0.617. The van der Waals surface area contributed by atoms with Crippen LogP contribution in [0.4, 0.5) is 0 Å². The van der Waals surface area contributed by atoms with E-state index in [0.717, 1.165) is 25.7 Å². The van der Waals surface area contributed by atoms with Crippen LogP contribution in [-0.2, 0) is 4.79 Å². The minimum Gasteiger partial charge on any atom is -0.394 e. The highest BCUT2D eigenvalue weighted by molar-refractivity contribution is 5.76. The van der Waals surface area contributed by atoms with E-state index in [2.05, 4.69) is 19.2 Å². The van der Waals surface area contributed by atoms with Gasteiger partial charge in [0.15, 0.2) is 0 Å². The van der Waals surface area contributed by atoms with E-state index in [1.807, 2.05) is 6.08 Å². The lowest BCUT2D eigenvalue weighted by Gasteiger charge is -2.20. The molecular weight excluding hydrogens is 687 g/mol. The van der Waals surface area contributed by atoms with Gasteiger partial charge in [0.05, 0.1) is 18.8 Å². The molecule has 1 amide bonds. The van der Waals surface area contributed by atoms with Gasteiger partial charge in [0.1, 0.15) is 0 Å². The number of rotatable bonds is 48. The van der Waals surface area contributed by atoms with Gasteiger partial charge in [0, 0.05) is 6.42 Å². The van der Waals surface area contributed by atoms with Crippen molar-refractivity contribution in [3.8, 4) is 0 Å². The first-order valence-corrected chi connectivity index (χ1v) is 25.9. The maximum Gasteiger partial charge on any atom is 0.220 e. The van der Waals surface area contributed by atoms with E-state index in [1.165, 1.54) is 250 Å². The first-order valence-electron chi connectivity index (χ1n) is 25.9. The second kappa shape index (κ2) is 48.5. The standard InChI is InChI=1S/C52H103NO3/c1-3-5-7-9-11-13-15-17-19-20-21-22-23-24-25-26-27-28-29-30-31-32-33-34-35-37-39-41-43-45-47-51(55)50(49-54)53-52(56)48-46-44-42-40-38-36-18-16-14-12-10-8-6-4-2/h45,47,50-51,54-55H,3-44,46,48-49H2,1-2H3,(H,53,56)/b47-45+. The van der Waals surface area contributed by atoms with Gasteiger partial charge in [-0.05, 0) is 19.3 Å². The van der Waals surface area contributed by atoms with Crippen LogP contribution in [0, 0.1) is 0 Å². The Morgan fingerprint density at radius 2 is 0.661 bits per heavy atom.